The van der Waals surface area contributed by atoms with Crippen molar-refractivity contribution in [2.45, 2.75) is 50.3 Å². The summed E-state index contributed by atoms with van der Waals surface area (Å²) in [5, 5.41) is 12.9. The summed E-state index contributed by atoms with van der Waals surface area (Å²) < 4.78 is 41.7. The van der Waals surface area contributed by atoms with Crippen molar-refractivity contribution in [3.63, 3.8) is 0 Å². The fraction of sp³-hybridized carbons (Fsp3) is 0.360. The van der Waals surface area contributed by atoms with E-state index in [1.54, 1.807) is 30.3 Å². The predicted molar refractivity (Wildman–Crippen MR) is 138 cm³/mol. The Morgan fingerprint density at radius 2 is 1.76 bits per heavy atom. The van der Waals surface area contributed by atoms with E-state index < -0.39 is 15.6 Å². The fourth-order valence-electron chi connectivity index (χ4n) is 4.52. The first kappa shape index (κ1) is 24.8. The normalized spacial score (nSPS) is 14.2. The van der Waals surface area contributed by atoms with E-state index in [1.807, 2.05) is 13.8 Å². The van der Waals surface area contributed by atoms with E-state index in [4.69, 9.17) is 9.47 Å². The van der Waals surface area contributed by atoms with Crippen molar-refractivity contribution >= 4 is 21.4 Å². The Balaban J connectivity index is 1.55. The van der Waals surface area contributed by atoms with Gasteiger partial charge in [-0.15, -0.1) is 15.3 Å². The van der Waals surface area contributed by atoms with Crippen molar-refractivity contribution in [2.75, 3.05) is 17.9 Å². The lowest BCUT2D eigenvalue weighted by atomic mass is 10.1. The highest BCUT2D eigenvalue weighted by Gasteiger charge is 2.25. The van der Waals surface area contributed by atoms with E-state index in [9.17, 15) is 13.2 Å². The number of anilines is 1. The van der Waals surface area contributed by atoms with Crippen LogP contribution in [0.3, 0.4) is 0 Å². The fourth-order valence-corrected chi connectivity index (χ4v) is 5.61. The molecule has 1 aliphatic carbocycles. The molecule has 12 heteroatoms. The van der Waals surface area contributed by atoms with Gasteiger partial charge >= 0.3 is 0 Å². The zero-order valence-electron chi connectivity index (χ0n) is 20.6. The molecule has 0 spiro atoms. The molecule has 0 unspecified atom stereocenters. The minimum atomic E-state index is -3.96. The molecule has 1 fully saturated rings. The van der Waals surface area contributed by atoms with Crippen LogP contribution < -0.4 is 19.8 Å². The molecule has 0 amide bonds. The molecule has 2 aromatic heterocycles. The number of nitrogens with one attached hydrogen (secondary N) is 2. The van der Waals surface area contributed by atoms with Crippen molar-refractivity contribution in [3.8, 4) is 22.9 Å². The molecule has 0 atom stereocenters. The second-order valence-corrected chi connectivity index (χ2v) is 10.4. The lowest BCUT2D eigenvalue weighted by Crippen LogP contribution is -2.17. The molecule has 2 heterocycles. The summed E-state index contributed by atoms with van der Waals surface area (Å²) in [7, 11) is -3.96. The first-order chi connectivity index (χ1) is 17.9. The van der Waals surface area contributed by atoms with Gasteiger partial charge in [-0.1, -0.05) is 12.8 Å². The number of sulfonamides is 1. The van der Waals surface area contributed by atoms with E-state index in [0.717, 1.165) is 25.7 Å². The van der Waals surface area contributed by atoms with Crippen molar-refractivity contribution in [1.82, 2.24) is 24.8 Å². The van der Waals surface area contributed by atoms with Gasteiger partial charge < -0.3 is 14.5 Å². The third-order valence-corrected chi connectivity index (χ3v) is 7.63. The maximum absolute atomic E-state index is 13.2. The van der Waals surface area contributed by atoms with E-state index >= 15 is 0 Å². The first-order valence-electron chi connectivity index (χ1n) is 12.3. The van der Waals surface area contributed by atoms with Gasteiger partial charge in [0.25, 0.3) is 15.6 Å². The number of hydrogen-bond acceptors (Lipinski definition) is 8. The topological polar surface area (TPSA) is 141 Å². The van der Waals surface area contributed by atoms with Crippen LogP contribution in [-0.4, -0.2) is 46.4 Å². The Kier molecular flexibility index (Phi) is 6.83. The molecule has 1 aliphatic rings. The van der Waals surface area contributed by atoms with E-state index in [-0.39, 0.29) is 22.3 Å². The Morgan fingerprint density at radius 1 is 1.03 bits per heavy atom. The average molecular weight is 525 g/mol. The van der Waals surface area contributed by atoms with Crippen LogP contribution in [-0.2, 0) is 10.0 Å². The minimum absolute atomic E-state index is 0.0117. The van der Waals surface area contributed by atoms with Crippen LogP contribution in [0.5, 0.6) is 11.5 Å². The van der Waals surface area contributed by atoms with Crippen molar-refractivity contribution in [1.29, 1.82) is 0 Å². The third-order valence-electron chi connectivity index (χ3n) is 6.25. The van der Waals surface area contributed by atoms with E-state index in [0.29, 0.717) is 41.8 Å². The number of rotatable bonds is 9. The summed E-state index contributed by atoms with van der Waals surface area (Å²) in [4.78, 5) is 15.6. The number of aromatic amines is 1. The largest absolute Gasteiger partial charge is 0.494 e. The van der Waals surface area contributed by atoms with Gasteiger partial charge in [0.1, 0.15) is 11.5 Å². The van der Waals surface area contributed by atoms with Crippen LogP contribution in [0, 0.1) is 0 Å². The van der Waals surface area contributed by atoms with Gasteiger partial charge in [-0.2, -0.15) is 4.52 Å². The van der Waals surface area contributed by atoms with Gasteiger partial charge in [0.2, 0.25) is 5.65 Å². The molecule has 194 valence electrons. The van der Waals surface area contributed by atoms with Crippen LogP contribution in [0.4, 0.5) is 5.69 Å². The van der Waals surface area contributed by atoms with Crippen LogP contribution in [0.25, 0.3) is 17.0 Å². The SMILES string of the molecule is CCOc1ccc(NS(=O)(=O)c2ccc(OCC)c(-c3nn4c(C5CCCC5)nnc4c(=O)[nH]3)c2)cc1. The van der Waals surface area contributed by atoms with Crippen molar-refractivity contribution in [2.24, 2.45) is 0 Å². The zero-order chi connectivity index (χ0) is 26.0. The standard InChI is InChI=1S/C25H28N6O5S/c1-3-35-18-11-9-17(10-12-18)30-37(33,34)19-13-14-21(36-4-2)20(15-19)22-26-25(32)24-28-27-23(31(24)29-22)16-7-5-6-8-16/h9-16,30H,3-8H2,1-2H3,(H,26,29,32). The predicted octanol–water partition coefficient (Wildman–Crippen LogP) is 3.74. The molecule has 0 aliphatic heterocycles. The molecule has 11 nitrogen and oxygen atoms in total. The second kappa shape index (κ2) is 10.2. The molecule has 0 radical (unpaired) electrons. The highest BCUT2D eigenvalue weighted by atomic mass is 32.2. The summed E-state index contributed by atoms with van der Waals surface area (Å²) in [5.41, 5.74) is 0.355. The highest BCUT2D eigenvalue weighted by Crippen LogP contribution is 2.34. The number of ether oxygens (including phenoxy) is 2. The third kappa shape index (κ3) is 5.01. The molecule has 0 saturated heterocycles. The maximum Gasteiger partial charge on any atom is 0.296 e. The number of hydrogen-bond donors (Lipinski definition) is 2. The van der Waals surface area contributed by atoms with Crippen molar-refractivity contribution < 1.29 is 17.9 Å². The number of benzene rings is 2. The van der Waals surface area contributed by atoms with Gasteiger partial charge in [0.05, 0.1) is 23.7 Å². The van der Waals surface area contributed by atoms with Gasteiger partial charge in [0.15, 0.2) is 11.6 Å². The molecule has 2 N–H and O–H groups in total. The minimum Gasteiger partial charge on any atom is -0.494 e. The molecular formula is C25H28N6O5S. The van der Waals surface area contributed by atoms with Crippen LogP contribution >= 0.6 is 0 Å². The molecule has 0 bridgehead atoms. The summed E-state index contributed by atoms with van der Waals surface area (Å²) in [5.74, 6) is 2.01. The Bertz CT molecular complexity index is 1570. The molecule has 1 saturated carbocycles. The summed E-state index contributed by atoms with van der Waals surface area (Å²) in [6.45, 7) is 4.55. The van der Waals surface area contributed by atoms with E-state index in [2.05, 4.69) is 25.0 Å². The van der Waals surface area contributed by atoms with E-state index in [1.165, 1.54) is 16.6 Å². The number of fused-ring (bicyclic) bond motifs is 1. The number of aromatic nitrogens is 5. The van der Waals surface area contributed by atoms with Gasteiger partial charge in [-0.05, 0) is 69.2 Å². The highest BCUT2D eigenvalue weighted by molar-refractivity contribution is 7.92. The van der Waals surface area contributed by atoms with Crippen LogP contribution in [0.1, 0.15) is 51.3 Å². The lowest BCUT2D eigenvalue weighted by molar-refractivity contribution is 0.340. The quantitative estimate of drug-likeness (QED) is 0.337. The molecule has 37 heavy (non-hydrogen) atoms. The van der Waals surface area contributed by atoms with Gasteiger partial charge in [-0.3, -0.25) is 9.52 Å². The summed E-state index contributed by atoms with van der Waals surface area (Å²) >= 11 is 0. The molecule has 2 aromatic carbocycles. The number of H-pyrrole nitrogens is 1. The Labute approximate surface area is 213 Å². The monoisotopic (exact) mass is 524 g/mol. The lowest BCUT2D eigenvalue weighted by Gasteiger charge is -2.14. The van der Waals surface area contributed by atoms with Gasteiger partial charge in [-0.25, -0.2) is 8.42 Å². The zero-order valence-corrected chi connectivity index (χ0v) is 21.4. The molecular weight excluding hydrogens is 496 g/mol. The van der Waals surface area contributed by atoms with Crippen LogP contribution in [0.2, 0.25) is 0 Å². The first-order valence-corrected chi connectivity index (χ1v) is 13.8. The Morgan fingerprint density at radius 3 is 2.46 bits per heavy atom. The smallest absolute Gasteiger partial charge is 0.296 e. The Hall–Kier alpha value is -3.93. The second-order valence-electron chi connectivity index (χ2n) is 8.73. The maximum atomic E-state index is 13.2. The van der Waals surface area contributed by atoms with Crippen LogP contribution in [0.15, 0.2) is 52.2 Å². The summed E-state index contributed by atoms with van der Waals surface area (Å²) in [6, 6.07) is 11.1. The number of nitrogens with zero attached hydrogens (tertiary/aromatic N) is 4. The van der Waals surface area contributed by atoms with Gasteiger partial charge in [0, 0.05) is 11.6 Å². The average Bonchev–Trinajstić information content (AvgIpc) is 3.56. The summed E-state index contributed by atoms with van der Waals surface area (Å²) in [6.07, 6.45) is 4.09. The molecule has 4 aromatic rings. The molecule has 5 rings (SSSR count). The van der Waals surface area contributed by atoms with Crippen molar-refractivity contribution in [3.05, 3.63) is 58.6 Å².